The summed E-state index contributed by atoms with van der Waals surface area (Å²) in [4.78, 5) is 29.9. The van der Waals surface area contributed by atoms with E-state index in [9.17, 15) is 22.8 Å². The molecule has 0 bridgehead atoms. The second-order valence-electron chi connectivity index (χ2n) is 7.61. The fourth-order valence-electron chi connectivity index (χ4n) is 3.57. The number of nitrogens with zero attached hydrogens (tertiary/aromatic N) is 2. The summed E-state index contributed by atoms with van der Waals surface area (Å²) in [6, 6.07) is 12.4. The van der Waals surface area contributed by atoms with Crippen LogP contribution in [0.25, 0.3) is 5.65 Å². The van der Waals surface area contributed by atoms with Gasteiger partial charge in [-0.2, -0.15) is 13.2 Å². The van der Waals surface area contributed by atoms with Crippen LogP contribution in [0.2, 0.25) is 10.0 Å². The van der Waals surface area contributed by atoms with E-state index in [0.29, 0.717) is 22.7 Å². The summed E-state index contributed by atoms with van der Waals surface area (Å²) in [7, 11) is 0. The topological polar surface area (TPSA) is 75.5 Å². The van der Waals surface area contributed by atoms with Crippen molar-refractivity contribution in [3.8, 4) is 0 Å². The van der Waals surface area contributed by atoms with E-state index in [0.717, 1.165) is 12.1 Å². The number of carbonyl (C=O) groups excluding carboxylic acids is 2. The van der Waals surface area contributed by atoms with Crippen LogP contribution in [0.3, 0.4) is 0 Å². The van der Waals surface area contributed by atoms with Gasteiger partial charge in [-0.05, 0) is 49.4 Å². The van der Waals surface area contributed by atoms with Crippen LogP contribution in [-0.2, 0) is 17.4 Å². The van der Waals surface area contributed by atoms with Crippen molar-refractivity contribution in [2.24, 2.45) is 0 Å². The number of aromatic nitrogens is 2. The number of hydrogen-bond donors (Lipinski definition) is 2. The lowest BCUT2D eigenvalue weighted by molar-refractivity contribution is -0.137. The first-order valence-corrected chi connectivity index (χ1v) is 11.0. The fraction of sp³-hybridized carbons (Fsp3) is 0.125. The van der Waals surface area contributed by atoms with Gasteiger partial charge in [-0.1, -0.05) is 35.3 Å². The third-order valence-corrected chi connectivity index (χ3v) is 5.82. The number of fused-ring (bicyclic) bond motifs is 1. The average Bonchev–Trinajstić information content (AvgIpc) is 3.09. The number of halogens is 5. The molecular weight excluding hydrogens is 504 g/mol. The van der Waals surface area contributed by atoms with Gasteiger partial charge < -0.3 is 15.0 Å². The largest absolute Gasteiger partial charge is 0.416 e. The lowest BCUT2D eigenvalue weighted by Crippen LogP contribution is -2.17. The van der Waals surface area contributed by atoms with E-state index in [4.69, 9.17) is 23.2 Å². The monoisotopic (exact) mass is 520 g/mol. The van der Waals surface area contributed by atoms with Crippen molar-refractivity contribution in [1.82, 2.24) is 9.38 Å². The lowest BCUT2D eigenvalue weighted by Gasteiger charge is -2.11. The summed E-state index contributed by atoms with van der Waals surface area (Å²) >= 11 is 12.2. The van der Waals surface area contributed by atoms with Crippen LogP contribution in [0.5, 0.6) is 0 Å². The molecule has 35 heavy (non-hydrogen) atoms. The third-order valence-electron chi connectivity index (χ3n) is 5.19. The zero-order chi connectivity index (χ0) is 25.3. The first-order chi connectivity index (χ1) is 16.5. The number of pyridine rings is 1. The molecule has 0 aliphatic rings. The van der Waals surface area contributed by atoms with Gasteiger partial charge in [0, 0.05) is 11.9 Å². The summed E-state index contributed by atoms with van der Waals surface area (Å²) in [5.41, 5.74) is 1.05. The molecule has 0 aliphatic heterocycles. The molecule has 4 rings (SSSR count). The molecule has 0 unspecified atom stereocenters. The molecule has 11 heteroatoms. The summed E-state index contributed by atoms with van der Waals surface area (Å²) in [5, 5.41) is 5.60. The van der Waals surface area contributed by atoms with Crippen LogP contribution < -0.4 is 10.6 Å². The fourth-order valence-corrected chi connectivity index (χ4v) is 4.14. The standard InChI is InChI=1S/C24H17Cl2F3N4O2/c1-13-19(12-20(34)31-15-6-2-5-14(11-15)24(27,28)29)33-10-4-9-18(22(33)30-13)32-23(35)21-16(25)7-3-8-17(21)26/h2-11H,12H2,1H3,(H,31,34)(H,32,35). The molecule has 2 aromatic carbocycles. The Hall–Kier alpha value is -3.56. The van der Waals surface area contributed by atoms with E-state index in [1.54, 1.807) is 47.9 Å². The number of hydrogen-bond acceptors (Lipinski definition) is 3. The minimum absolute atomic E-state index is 0.0286. The lowest BCUT2D eigenvalue weighted by atomic mass is 10.2. The van der Waals surface area contributed by atoms with Crippen molar-refractivity contribution >= 4 is 52.0 Å². The maximum absolute atomic E-state index is 12.9. The van der Waals surface area contributed by atoms with Gasteiger partial charge >= 0.3 is 6.18 Å². The molecule has 2 heterocycles. The van der Waals surface area contributed by atoms with Crippen molar-refractivity contribution in [1.29, 1.82) is 0 Å². The van der Waals surface area contributed by atoms with Crippen molar-refractivity contribution in [2.45, 2.75) is 19.5 Å². The second-order valence-corrected chi connectivity index (χ2v) is 8.43. The van der Waals surface area contributed by atoms with E-state index in [1.807, 2.05) is 0 Å². The van der Waals surface area contributed by atoms with E-state index >= 15 is 0 Å². The maximum atomic E-state index is 12.9. The Labute approximate surface area is 207 Å². The van der Waals surface area contributed by atoms with Gasteiger partial charge in [0.15, 0.2) is 5.65 Å². The summed E-state index contributed by atoms with van der Waals surface area (Å²) < 4.78 is 40.5. The molecule has 0 saturated carbocycles. The van der Waals surface area contributed by atoms with Crippen LogP contribution in [0.4, 0.5) is 24.5 Å². The highest BCUT2D eigenvalue weighted by Gasteiger charge is 2.30. The third kappa shape index (κ3) is 5.26. The normalized spacial score (nSPS) is 11.5. The van der Waals surface area contributed by atoms with Crippen LogP contribution in [0, 0.1) is 6.92 Å². The molecular formula is C24H17Cl2F3N4O2. The SMILES string of the molecule is Cc1nc2c(NC(=O)c3c(Cl)cccc3Cl)cccn2c1CC(=O)Nc1cccc(C(F)(F)F)c1. The van der Waals surface area contributed by atoms with E-state index in [2.05, 4.69) is 15.6 Å². The molecule has 6 nitrogen and oxygen atoms in total. The van der Waals surface area contributed by atoms with Gasteiger partial charge in [0.2, 0.25) is 5.91 Å². The predicted octanol–water partition coefficient (Wildman–Crippen LogP) is 6.40. The molecule has 2 N–H and O–H groups in total. The Bertz CT molecular complexity index is 1430. The summed E-state index contributed by atoms with van der Waals surface area (Å²) in [5.74, 6) is -1.05. The first-order valence-electron chi connectivity index (χ1n) is 10.2. The Morgan fingerprint density at radius 1 is 1.00 bits per heavy atom. The molecule has 0 aliphatic carbocycles. The number of benzene rings is 2. The molecule has 2 amide bonds. The molecule has 2 aromatic heterocycles. The van der Waals surface area contributed by atoms with Gasteiger partial charge in [-0.25, -0.2) is 4.98 Å². The predicted molar refractivity (Wildman–Crippen MR) is 128 cm³/mol. The highest BCUT2D eigenvalue weighted by molar-refractivity contribution is 6.40. The number of carbonyl (C=O) groups is 2. The molecule has 0 fully saturated rings. The summed E-state index contributed by atoms with van der Waals surface area (Å²) in [6.07, 6.45) is -3.01. The smallest absolute Gasteiger partial charge is 0.326 e. The zero-order valence-corrected chi connectivity index (χ0v) is 19.6. The van der Waals surface area contributed by atoms with Gasteiger partial charge in [0.1, 0.15) is 0 Å². The van der Waals surface area contributed by atoms with Crippen LogP contribution >= 0.6 is 23.2 Å². The van der Waals surface area contributed by atoms with Gasteiger partial charge in [0.25, 0.3) is 5.91 Å². The minimum atomic E-state index is -4.52. The molecule has 0 saturated heterocycles. The minimum Gasteiger partial charge on any atom is -0.326 e. The number of nitrogens with one attached hydrogen (secondary N) is 2. The van der Waals surface area contributed by atoms with Gasteiger partial charge in [-0.15, -0.1) is 0 Å². The Morgan fingerprint density at radius 2 is 1.69 bits per heavy atom. The van der Waals surface area contributed by atoms with Crippen LogP contribution in [-0.4, -0.2) is 21.2 Å². The number of amides is 2. The van der Waals surface area contributed by atoms with Gasteiger partial charge in [-0.3, -0.25) is 9.59 Å². The number of aryl methyl sites for hydroxylation is 1. The number of alkyl halides is 3. The quantitative estimate of drug-likeness (QED) is 0.319. The highest BCUT2D eigenvalue weighted by atomic mass is 35.5. The molecule has 0 spiro atoms. The van der Waals surface area contributed by atoms with Crippen molar-refractivity contribution in [3.63, 3.8) is 0 Å². The maximum Gasteiger partial charge on any atom is 0.416 e. The molecule has 4 aromatic rings. The molecule has 0 atom stereocenters. The zero-order valence-electron chi connectivity index (χ0n) is 18.1. The Kier molecular flexibility index (Phi) is 6.73. The number of rotatable bonds is 5. The van der Waals surface area contributed by atoms with E-state index in [-0.39, 0.29) is 27.7 Å². The van der Waals surface area contributed by atoms with E-state index < -0.39 is 23.6 Å². The molecule has 0 radical (unpaired) electrons. The number of imidazole rings is 1. The first kappa shape index (κ1) is 24.6. The molecule has 180 valence electrons. The van der Waals surface area contributed by atoms with E-state index in [1.165, 1.54) is 12.1 Å². The van der Waals surface area contributed by atoms with Crippen molar-refractivity contribution < 1.29 is 22.8 Å². The van der Waals surface area contributed by atoms with Gasteiger partial charge in [0.05, 0.1) is 44.7 Å². The number of anilines is 2. The Morgan fingerprint density at radius 3 is 2.37 bits per heavy atom. The second kappa shape index (κ2) is 9.59. The van der Waals surface area contributed by atoms with Crippen LogP contribution in [0.15, 0.2) is 60.8 Å². The average molecular weight is 521 g/mol. The highest BCUT2D eigenvalue weighted by Crippen LogP contribution is 2.31. The van der Waals surface area contributed by atoms with Crippen molar-refractivity contribution in [3.05, 3.63) is 93.4 Å². The van der Waals surface area contributed by atoms with Crippen molar-refractivity contribution in [2.75, 3.05) is 10.6 Å². The Balaban J connectivity index is 1.58. The van der Waals surface area contributed by atoms with Crippen LogP contribution in [0.1, 0.15) is 27.3 Å². The summed E-state index contributed by atoms with van der Waals surface area (Å²) in [6.45, 7) is 1.69.